The number of alkyl halides is 4. The lowest BCUT2D eigenvalue weighted by molar-refractivity contribution is -0.196. The minimum Gasteiger partial charge on any atom is -0.292 e. The summed E-state index contributed by atoms with van der Waals surface area (Å²) in [6.45, 7) is 5.03. The highest BCUT2D eigenvalue weighted by Crippen LogP contribution is 2.35. The molecule has 0 amide bonds. The van der Waals surface area contributed by atoms with E-state index in [1.165, 1.54) is 15.9 Å². The van der Waals surface area contributed by atoms with Gasteiger partial charge >= 0.3 is 6.18 Å². The van der Waals surface area contributed by atoms with Crippen LogP contribution in [0.15, 0.2) is 91.0 Å². The van der Waals surface area contributed by atoms with Crippen molar-refractivity contribution in [1.82, 2.24) is 4.90 Å². The SMILES string of the molecule is CC(C)CN1CC[C@H](CBr)C[C@@H]1C(F)(F)F.c1ccc(P(c2ccccc2)c2ccccc2)cc1. The van der Waals surface area contributed by atoms with E-state index in [1.807, 2.05) is 13.8 Å². The maximum Gasteiger partial charge on any atom is 0.404 e. The van der Waals surface area contributed by atoms with Crippen LogP contribution in [0.3, 0.4) is 0 Å². The van der Waals surface area contributed by atoms with Gasteiger partial charge in [-0.15, -0.1) is 0 Å². The third-order valence-electron chi connectivity index (χ3n) is 6.06. The average molecular weight is 564 g/mol. The smallest absolute Gasteiger partial charge is 0.292 e. The fraction of sp³-hybridized carbons (Fsp3) is 0.379. The Morgan fingerprint density at radius 1 is 0.829 bits per heavy atom. The van der Waals surface area contributed by atoms with Crippen molar-refractivity contribution >= 4 is 39.8 Å². The second kappa shape index (κ2) is 13.6. The molecule has 1 aliphatic heterocycles. The molecular formula is C29H34BrF3NP. The molecule has 0 spiro atoms. The van der Waals surface area contributed by atoms with Crippen molar-refractivity contribution < 1.29 is 13.2 Å². The highest BCUT2D eigenvalue weighted by atomic mass is 79.9. The van der Waals surface area contributed by atoms with Crippen LogP contribution in [0.2, 0.25) is 0 Å². The molecule has 0 aromatic heterocycles. The van der Waals surface area contributed by atoms with Gasteiger partial charge in [0.05, 0.1) is 0 Å². The van der Waals surface area contributed by atoms with E-state index in [1.54, 1.807) is 4.90 Å². The predicted octanol–water partition coefficient (Wildman–Crippen LogP) is 7.13. The first-order valence-electron chi connectivity index (χ1n) is 12.1. The van der Waals surface area contributed by atoms with Gasteiger partial charge < -0.3 is 0 Å². The second-order valence-corrected chi connectivity index (χ2v) is 12.2. The molecule has 188 valence electrons. The monoisotopic (exact) mass is 563 g/mol. The van der Waals surface area contributed by atoms with Crippen molar-refractivity contribution in [1.29, 1.82) is 0 Å². The summed E-state index contributed by atoms with van der Waals surface area (Å²) in [7, 11) is -0.446. The molecule has 3 aromatic rings. The molecule has 0 aliphatic carbocycles. The summed E-state index contributed by atoms with van der Waals surface area (Å²) in [5.74, 6) is 0.445. The molecule has 1 nitrogen and oxygen atoms in total. The van der Waals surface area contributed by atoms with E-state index in [0.29, 0.717) is 18.4 Å². The zero-order valence-corrected chi connectivity index (χ0v) is 22.8. The molecule has 1 saturated heterocycles. The Balaban J connectivity index is 0.000000199. The van der Waals surface area contributed by atoms with E-state index in [4.69, 9.17) is 0 Å². The maximum absolute atomic E-state index is 12.9. The van der Waals surface area contributed by atoms with Crippen LogP contribution in [-0.4, -0.2) is 35.5 Å². The molecule has 4 rings (SSSR count). The van der Waals surface area contributed by atoms with Crippen molar-refractivity contribution in [3.63, 3.8) is 0 Å². The molecule has 1 aliphatic rings. The lowest BCUT2D eigenvalue weighted by Gasteiger charge is -2.40. The quantitative estimate of drug-likeness (QED) is 0.228. The van der Waals surface area contributed by atoms with Gasteiger partial charge in [-0.25, -0.2) is 0 Å². The minimum atomic E-state index is -4.09. The van der Waals surface area contributed by atoms with E-state index in [0.717, 1.165) is 6.42 Å². The maximum atomic E-state index is 12.9. The summed E-state index contributed by atoms with van der Waals surface area (Å²) in [4.78, 5) is 1.60. The number of hydrogen-bond acceptors (Lipinski definition) is 1. The van der Waals surface area contributed by atoms with Crippen molar-refractivity contribution in [2.45, 2.75) is 38.9 Å². The van der Waals surface area contributed by atoms with Crippen LogP contribution in [0, 0.1) is 11.8 Å². The van der Waals surface area contributed by atoms with Crippen LogP contribution in [0.1, 0.15) is 26.7 Å². The number of halogens is 4. The Morgan fingerprint density at radius 3 is 1.60 bits per heavy atom. The van der Waals surface area contributed by atoms with Gasteiger partial charge in [0.2, 0.25) is 0 Å². The fourth-order valence-electron chi connectivity index (χ4n) is 4.43. The molecule has 0 N–H and O–H groups in total. The van der Waals surface area contributed by atoms with E-state index < -0.39 is 20.1 Å². The first-order valence-corrected chi connectivity index (χ1v) is 14.6. The summed E-state index contributed by atoms with van der Waals surface area (Å²) < 4.78 is 38.7. The molecule has 0 unspecified atom stereocenters. The summed E-state index contributed by atoms with van der Waals surface area (Å²) >= 11 is 3.29. The van der Waals surface area contributed by atoms with Gasteiger partial charge in [0.1, 0.15) is 6.04 Å². The Bertz CT molecular complexity index is 889. The third-order valence-corrected chi connectivity index (χ3v) is 9.42. The average Bonchev–Trinajstić information content (AvgIpc) is 2.86. The zero-order valence-electron chi connectivity index (χ0n) is 20.3. The first kappa shape index (κ1) is 27.9. The summed E-state index contributed by atoms with van der Waals surface area (Å²) in [5, 5.41) is 4.87. The van der Waals surface area contributed by atoms with Gasteiger partial charge in [0, 0.05) is 11.9 Å². The molecule has 3 aromatic carbocycles. The Kier molecular flexibility index (Phi) is 10.8. The fourth-order valence-corrected chi connectivity index (χ4v) is 7.33. The van der Waals surface area contributed by atoms with E-state index in [2.05, 4.69) is 107 Å². The number of likely N-dealkylation sites (tertiary alicyclic amines) is 1. The number of benzene rings is 3. The normalized spacial score (nSPS) is 18.9. The molecule has 1 fully saturated rings. The van der Waals surface area contributed by atoms with Gasteiger partial charge in [0.15, 0.2) is 0 Å². The lowest BCUT2D eigenvalue weighted by atomic mass is 9.91. The molecule has 0 saturated carbocycles. The molecule has 1 heterocycles. The van der Waals surface area contributed by atoms with Gasteiger partial charge in [-0.1, -0.05) is 121 Å². The number of hydrogen-bond donors (Lipinski definition) is 0. The predicted molar refractivity (Wildman–Crippen MR) is 148 cm³/mol. The van der Waals surface area contributed by atoms with E-state index in [9.17, 15) is 13.2 Å². The highest BCUT2D eigenvalue weighted by Gasteiger charge is 2.46. The topological polar surface area (TPSA) is 3.24 Å². The van der Waals surface area contributed by atoms with Crippen molar-refractivity contribution in [2.24, 2.45) is 11.8 Å². The molecule has 0 radical (unpaired) electrons. The van der Waals surface area contributed by atoms with Crippen LogP contribution in [0.4, 0.5) is 13.2 Å². The summed E-state index contributed by atoms with van der Waals surface area (Å²) in [6.07, 6.45) is -2.98. The van der Waals surface area contributed by atoms with Crippen LogP contribution >= 0.6 is 23.9 Å². The van der Waals surface area contributed by atoms with Crippen LogP contribution in [0.5, 0.6) is 0 Å². The Labute approximate surface area is 217 Å². The molecule has 0 bridgehead atoms. The lowest BCUT2D eigenvalue weighted by Crippen LogP contribution is -2.52. The number of piperidine rings is 1. The Morgan fingerprint density at radius 2 is 1.26 bits per heavy atom. The van der Waals surface area contributed by atoms with Crippen LogP contribution in [-0.2, 0) is 0 Å². The molecular weight excluding hydrogens is 530 g/mol. The highest BCUT2D eigenvalue weighted by molar-refractivity contribution is 9.09. The summed E-state index contributed by atoms with van der Waals surface area (Å²) in [5.41, 5.74) is 0. The first-order chi connectivity index (χ1) is 16.8. The van der Waals surface area contributed by atoms with Crippen molar-refractivity contribution in [3.8, 4) is 0 Å². The summed E-state index contributed by atoms with van der Waals surface area (Å²) in [6, 6.07) is 31.1. The zero-order chi connectivity index (χ0) is 25.3. The number of rotatable bonds is 6. The van der Waals surface area contributed by atoms with Gasteiger partial charge in [0.25, 0.3) is 0 Å². The van der Waals surface area contributed by atoms with Crippen molar-refractivity contribution in [2.75, 3.05) is 18.4 Å². The molecule has 35 heavy (non-hydrogen) atoms. The van der Waals surface area contributed by atoms with E-state index >= 15 is 0 Å². The second-order valence-electron chi connectivity index (χ2n) is 9.33. The molecule has 2 atom stereocenters. The van der Waals surface area contributed by atoms with Gasteiger partial charge in [-0.2, -0.15) is 13.2 Å². The van der Waals surface area contributed by atoms with Crippen LogP contribution in [0.25, 0.3) is 0 Å². The van der Waals surface area contributed by atoms with E-state index in [-0.39, 0.29) is 18.3 Å². The van der Waals surface area contributed by atoms with Gasteiger partial charge in [-0.3, -0.25) is 4.90 Å². The third kappa shape index (κ3) is 8.44. The number of nitrogens with zero attached hydrogens (tertiary/aromatic N) is 1. The Hall–Kier alpha value is -1.68. The standard InChI is InChI=1S/C18H15P.C11H19BrF3N/c1-4-10-16(11-5-1)19(17-12-6-2-7-13-17)18-14-8-3-9-15-18;1-8(2)7-16-4-3-9(6-12)5-10(16)11(13,14)15/h1-15H;8-10H,3-7H2,1-2H3/t;9-,10+/m.0/s1. The minimum absolute atomic E-state index is 0.162. The van der Waals surface area contributed by atoms with Gasteiger partial charge in [-0.05, 0) is 55.1 Å². The van der Waals surface area contributed by atoms with Crippen LogP contribution < -0.4 is 15.9 Å². The van der Waals surface area contributed by atoms with Crippen molar-refractivity contribution in [3.05, 3.63) is 91.0 Å². The largest absolute Gasteiger partial charge is 0.404 e. The molecule has 6 heteroatoms.